The lowest BCUT2D eigenvalue weighted by atomic mass is 9.93. The van der Waals surface area contributed by atoms with Crippen LogP contribution in [0.15, 0.2) is 22.7 Å². The molecule has 0 amide bonds. The van der Waals surface area contributed by atoms with Gasteiger partial charge in [-0.25, -0.2) is 0 Å². The molecule has 4 heteroatoms. The molecule has 1 aromatic carbocycles. The lowest BCUT2D eigenvalue weighted by molar-refractivity contribution is 0.376. The summed E-state index contributed by atoms with van der Waals surface area (Å²) < 4.78 is 1.03. The van der Waals surface area contributed by atoms with Crippen LogP contribution in [-0.4, -0.2) is 18.6 Å². The maximum absolute atomic E-state index is 6.31. The number of benzene rings is 1. The van der Waals surface area contributed by atoms with E-state index in [1.54, 1.807) is 0 Å². The predicted molar refractivity (Wildman–Crippen MR) is 84.9 cm³/mol. The van der Waals surface area contributed by atoms with Crippen LogP contribution in [0.4, 0.5) is 5.69 Å². The first-order valence-electron chi connectivity index (χ1n) is 7.19. The van der Waals surface area contributed by atoms with E-state index in [0.717, 1.165) is 21.1 Å². The molecule has 0 bridgehead atoms. The van der Waals surface area contributed by atoms with E-state index in [0.29, 0.717) is 12.1 Å². The summed E-state index contributed by atoms with van der Waals surface area (Å²) in [5, 5.41) is 8.13. The SMILES string of the molecule is Clc1cc(Br)ccc1NC1CCCC1C1CCCN1. The molecule has 1 aliphatic carbocycles. The third kappa shape index (κ3) is 3.09. The Hall–Kier alpha value is -0.250. The highest BCUT2D eigenvalue weighted by molar-refractivity contribution is 9.10. The Kier molecular flexibility index (Phi) is 4.35. The van der Waals surface area contributed by atoms with Gasteiger partial charge < -0.3 is 10.6 Å². The van der Waals surface area contributed by atoms with Crippen LogP contribution in [0.2, 0.25) is 5.02 Å². The van der Waals surface area contributed by atoms with Crippen molar-refractivity contribution in [1.82, 2.24) is 5.32 Å². The summed E-state index contributed by atoms with van der Waals surface area (Å²) in [6.45, 7) is 1.19. The van der Waals surface area contributed by atoms with Gasteiger partial charge in [-0.15, -0.1) is 0 Å². The molecule has 1 saturated carbocycles. The van der Waals surface area contributed by atoms with Crippen molar-refractivity contribution in [3.8, 4) is 0 Å². The van der Waals surface area contributed by atoms with E-state index < -0.39 is 0 Å². The maximum Gasteiger partial charge on any atom is 0.0648 e. The molecule has 19 heavy (non-hydrogen) atoms. The Morgan fingerprint density at radius 2 is 2.11 bits per heavy atom. The van der Waals surface area contributed by atoms with Crippen molar-refractivity contribution in [2.24, 2.45) is 5.92 Å². The van der Waals surface area contributed by atoms with Crippen LogP contribution in [0.3, 0.4) is 0 Å². The minimum absolute atomic E-state index is 0.564. The number of nitrogens with one attached hydrogen (secondary N) is 2. The number of anilines is 1. The fraction of sp³-hybridized carbons (Fsp3) is 0.600. The van der Waals surface area contributed by atoms with Crippen molar-refractivity contribution in [3.63, 3.8) is 0 Å². The first kappa shape index (κ1) is 13.7. The summed E-state index contributed by atoms with van der Waals surface area (Å²) in [6.07, 6.45) is 6.58. The third-order valence-corrected chi connectivity index (χ3v) is 5.26. The van der Waals surface area contributed by atoms with Gasteiger partial charge in [0.1, 0.15) is 0 Å². The zero-order chi connectivity index (χ0) is 13.2. The van der Waals surface area contributed by atoms with E-state index in [4.69, 9.17) is 11.6 Å². The molecule has 3 rings (SSSR count). The zero-order valence-corrected chi connectivity index (χ0v) is 13.3. The Bertz CT molecular complexity index is 446. The van der Waals surface area contributed by atoms with Gasteiger partial charge >= 0.3 is 0 Å². The minimum atomic E-state index is 0.564. The number of rotatable bonds is 3. The van der Waals surface area contributed by atoms with Gasteiger partial charge in [-0.2, -0.15) is 0 Å². The Balaban J connectivity index is 1.70. The van der Waals surface area contributed by atoms with Crippen LogP contribution in [-0.2, 0) is 0 Å². The highest BCUT2D eigenvalue weighted by Crippen LogP contribution is 2.35. The normalized spacial score (nSPS) is 30.7. The van der Waals surface area contributed by atoms with E-state index in [1.807, 2.05) is 12.1 Å². The molecule has 2 aliphatic rings. The highest BCUT2D eigenvalue weighted by Gasteiger charge is 2.35. The van der Waals surface area contributed by atoms with Crippen LogP contribution in [0.25, 0.3) is 0 Å². The van der Waals surface area contributed by atoms with Gasteiger partial charge in [0.05, 0.1) is 10.7 Å². The van der Waals surface area contributed by atoms with Crippen molar-refractivity contribution in [2.75, 3.05) is 11.9 Å². The van der Waals surface area contributed by atoms with E-state index in [9.17, 15) is 0 Å². The summed E-state index contributed by atoms with van der Waals surface area (Å²) in [4.78, 5) is 0. The number of hydrogen-bond donors (Lipinski definition) is 2. The summed E-state index contributed by atoms with van der Waals surface area (Å²) >= 11 is 9.76. The largest absolute Gasteiger partial charge is 0.381 e. The predicted octanol–water partition coefficient (Wildman–Crippen LogP) is 4.44. The van der Waals surface area contributed by atoms with Crippen LogP contribution in [0.5, 0.6) is 0 Å². The average Bonchev–Trinajstić information content (AvgIpc) is 3.03. The van der Waals surface area contributed by atoms with Crippen LogP contribution >= 0.6 is 27.5 Å². The second-order valence-electron chi connectivity index (χ2n) is 5.67. The molecule has 2 nitrogen and oxygen atoms in total. The average molecular weight is 344 g/mol. The Labute approximate surface area is 128 Å². The number of hydrogen-bond acceptors (Lipinski definition) is 2. The second-order valence-corrected chi connectivity index (χ2v) is 7.00. The second kappa shape index (κ2) is 6.02. The topological polar surface area (TPSA) is 24.1 Å². The highest BCUT2D eigenvalue weighted by atomic mass is 79.9. The van der Waals surface area contributed by atoms with E-state index >= 15 is 0 Å². The first-order chi connectivity index (χ1) is 9.24. The van der Waals surface area contributed by atoms with Crippen molar-refractivity contribution in [3.05, 3.63) is 27.7 Å². The Morgan fingerprint density at radius 3 is 2.84 bits per heavy atom. The van der Waals surface area contributed by atoms with Gasteiger partial charge in [-0.05, 0) is 56.3 Å². The van der Waals surface area contributed by atoms with E-state index in [2.05, 4.69) is 32.6 Å². The molecule has 1 aliphatic heterocycles. The Morgan fingerprint density at radius 1 is 1.21 bits per heavy atom. The molecule has 0 radical (unpaired) electrons. The molecule has 3 unspecified atom stereocenters. The molecule has 1 aromatic rings. The van der Waals surface area contributed by atoms with Crippen molar-refractivity contribution >= 4 is 33.2 Å². The summed E-state index contributed by atoms with van der Waals surface area (Å²) in [7, 11) is 0. The van der Waals surface area contributed by atoms with Gasteiger partial charge in [0.2, 0.25) is 0 Å². The van der Waals surface area contributed by atoms with Gasteiger partial charge in [0, 0.05) is 16.6 Å². The molecule has 3 atom stereocenters. The summed E-state index contributed by atoms with van der Waals surface area (Å²) in [5.74, 6) is 0.752. The lowest BCUT2D eigenvalue weighted by Gasteiger charge is -2.27. The third-order valence-electron chi connectivity index (χ3n) is 4.46. The zero-order valence-electron chi connectivity index (χ0n) is 11.0. The van der Waals surface area contributed by atoms with Crippen LogP contribution in [0.1, 0.15) is 32.1 Å². The molecule has 1 saturated heterocycles. The standard InChI is InChI=1S/C15H20BrClN2/c16-10-6-7-15(12(17)9-10)19-14-4-1-3-11(14)13-5-2-8-18-13/h6-7,9,11,13-14,18-19H,1-5,8H2. The molecular formula is C15H20BrClN2. The molecule has 104 valence electrons. The van der Waals surface area contributed by atoms with Gasteiger partial charge in [0.25, 0.3) is 0 Å². The fourth-order valence-electron chi connectivity index (χ4n) is 3.53. The number of halogens is 2. The van der Waals surface area contributed by atoms with Crippen molar-refractivity contribution in [1.29, 1.82) is 0 Å². The molecule has 1 heterocycles. The van der Waals surface area contributed by atoms with Crippen LogP contribution in [0, 0.1) is 5.92 Å². The van der Waals surface area contributed by atoms with Gasteiger partial charge in [-0.1, -0.05) is 34.0 Å². The van der Waals surface area contributed by atoms with Crippen molar-refractivity contribution in [2.45, 2.75) is 44.2 Å². The minimum Gasteiger partial charge on any atom is -0.381 e. The monoisotopic (exact) mass is 342 g/mol. The maximum atomic E-state index is 6.31. The molecule has 0 spiro atoms. The van der Waals surface area contributed by atoms with Crippen LogP contribution < -0.4 is 10.6 Å². The molecule has 0 aromatic heterocycles. The molecule has 2 N–H and O–H groups in total. The first-order valence-corrected chi connectivity index (χ1v) is 8.36. The van der Waals surface area contributed by atoms with Gasteiger partial charge in [-0.3, -0.25) is 0 Å². The van der Waals surface area contributed by atoms with E-state index in [-0.39, 0.29) is 0 Å². The van der Waals surface area contributed by atoms with Crippen molar-refractivity contribution < 1.29 is 0 Å². The van der Waals surface area contributed by atoms with Gasteiger partial charge in [0.15, 0.2) is 0 Å². The molecule has 2 fully saturated rings. The summed E-state index contributed by atoms with van der Waals surface area (Å²) in [6, 6.07) is 7.35. The molecular weight excluding hydrogens is 324 g/mol. The summed E-state index contributed by atoms with van der Waals surface area (Å²) in [5.41, 5.74) is 1.07. The lowest BCUT2D eigenvalue weighted by Crippen LogP contribution is -2.38. The quantitative estimate of drug-likeness (QED) is 0.848. The van der Waals surface area contributed by atoms with E-state index in [1.165, 1.54) is 38.6 Å². The smallest absolute Gasteiger partial charge is 0.0648 e. The fourth-order valence-corrected chi connectivity index (χ4v) is 4.26.